The summed E-state index contributed by atoms with van der Waals surface area (Å²) < 4.78 is 0. The number of anilines is 3. The SMILES string of the molecule is c1ccc(-c2ccc(N3c4ccc(-c5ccccc5)cc4Sc4cc(-c5ccc6c(c5)C(c5ccccc5)(c5ccccc5)c5ccc(-c7cccc(-c8ccccc8)c7)cc5-6)ccc43)cc2)cc1. The second-order valence-electron chi connectivity index (χ2n) is 18.0. The average Bonchev–Trinajstić information content (AvgIpc) is 3.73. The van der Waals surface area contributed by atoms with E-state index in [0.717, 1.165) is 5.69 Å². The van der Waals surface area contributed by atoms with Crippen LogP contribution in [-0.2, 0) is 5.41 Å². The van der Waals surface area contributed by atoms with Crippen LogP contribution in [0.2, 0.25) is 0 Å². The Morgan fingerprint density at radius 3 is 1.22 bits per heavy atom. The first-order chi connectivity index (χ1) is 34.2. The van der Waals surface area contributed by atoms with Crippen LogP contribution in [0.4, 0.5) is 17.1 Å². The van der Waals surface area contributed by atoms with Gasteiger partial charge in [0.25, 0.3) is 0 Å². The summed E-state index contributed by atoms with van der Waals surface area (Å²) >= 11 is 1.86. The van der Waals surface area contributed by atoms with E-state index in [1.807, 2.05) is 11.8 Å². The van der Waals surface area contributed by atoms with Gasteiger partial charge in [-0.2, -0.15) is 0 Å². The number of benzene rings is 11. The van der Waals surface area contributed by atoms with Crippen LogP contribution in [0.3, 0.4) is 0 Å². The van der Waals surface area contributed by atoms with E-state index in [1.165, 1.54) is 110 Å². The maximum atomic E-state index is 2.49. The summed E-state index contributed by atoms with van der Waals surface area (Å²) in [5.41, 5.74) is 22.7. The van der Waals surface area contributed by atoms with Crippen molar-refractivity contribution in [2.75, 3.05) is 4.90 Å². The fraction of sp³-hybridized carbons (Fsp3) is 0.0149. The van der Waals surface area contributed by atoms with Crippen molar-refractivity contribution in [2.45, 2.75) is 15.2 Å². The largest absolute Gasteiger partial charge is 0.308 e. The molecule has 1 nitrogen and oxygen atoms in total. The van der Waals surface area contributed by atoms with E-state index >= 15 is 0 Å². The lowest BCUT2D eigenvalue weighted by Crippen LogP contribution is -2.28. The molecule has 0 unspecified atom stereocenters. The Kier molecular flexibility index (Phi) is 10.1. The van der Waals surface area contributed by atoms with Crippen molar-refractivity contribution in [2.24, 2.45) is 0 Å². The minimum absolute atomic E-state index is 0.536. The third-order valence-corrected chi connectivity index (χ3v) is 15.2. The fourth-order valence-electron chi connectivity index (χ4n) is 10.9. The van der Waals surface area contributed by atoms with E-state index in [1.54, 1.807) is 0 Å². The van der Waals surface area contributed by atoms with Crippen molar-refractivity contribution in [3.63, 3.8) is 0 Å². The van der Waals surface area contributed by atoms with Crippen LogP contribution in [0.25, 0.3) is 66.8 Å². The molecule has 0 atom stereocenters. The molecule has 1 aliphatic heterocycles. The molecule has 2 aliphatic rings. The summed E-state index contributed by atoms with van der Waals surface area (Å²) in [6, 6.07) is 101. The first-order valence-electron chi connectivity index (χ1n) is 23.7. The third kappa shape index (κ3) is 7.03. The van der Waals surface area contributed by atoms with Gasteiger partial charge in [-0.15, -0.1) is 0 Å². The minimum atomic E-state index is -0.536. The van der Waals surface area contributed by atoms with Crippen LogP contribution in [0.5, 0.6) is 0 Å². The molecule has 11 aromatic rings. The molecule has 0 aromatic heterocycles. The summed E-state index contributed by atoms with van der Waals surface area (Å²) in [6.07, 6.45) is 0. The number of nitrogens with zero attached hydrogens (tertiary/aromatic N) is 1. The predicted octanol–water partition coefficient (Wildman–Crippen LogP) is 18.3. The standard InChI is InChI=1S/C67H45NS/c1-6-17-46(18-7-1)49-29-35-58(36-30-49)68-63-39-33-54(48-21-10-3-11-22-48)44-65(63)69-66-45-55(34-40-64(66)68)53-31-37-59-60-42-52(51-24-16-23-50(41-51)47-19-8-2-9-20-47)32-38-61(60)67(62(59)43-53,56-25-12-4-13-26-56)57-27-14-5-15-28-57/h1-45H. The molecule has 1 heterocycles. The van der Waals surface area contributed by atoms with Gasteiger partial charge in [-0.05, 0) is 144 Å². The Labute approximate surface area is 408 Å². The molecule has 1 aliphatic carbocycles. The molecule has 69 heavy (non-hydrogen) atoms. The maximum Gasteiger partial charge on any atom is 0.0713 e. The van der Waals surface area contributed by atoms with E-state index in [2.05, 4.69) is 278 Å². The van der Waals surface area contributed by atoms with E-state index < -0.39 is 5.41 Å². The zero-order valence-corrected chi connectivity index (χ0v) is 38.7. The zero-order valence-electron chi connectivity index (χ0n) is 37.8. The quantitative estimate of drug-likeness (QED) is 0.150. The summed E-state index contributed by atoms with van der Waals surface area (Å²) in [7, 11) is 0. The van der Waals surface area contributed by atoms with E-state index in [9.17, 15) is 0 Å². The van der Waals surface area contributed by atoms with Gasteiger partial charge in [-0.1, -0.05) is 230 Å². The second-order valence-corrected chi connectivity index (χ2v) is 19.1. The Morgan fingerprint density at radius 2 is 0.652 bits per heavy atom. The lowest BCUT2D eigenvalue weighted by atomic mass is 9.67. The lowest BCUT2D eigenvalue weighted by molar-refractivity contribution is 0.769. The molecule has 13 rings (SSSR count). The van der Waals surface area contributed by atoms with Crippen LogP contribution in [0.15, 0.2) is 283 Å². The summed E-state index contributed by atoms with van der Waals surface area (Å²) in [5, 5.41) is 0. The van der Waals surface area contributed by atoms with E-state index in [0.29, 0.717) is 0 Å². The molecule has 0 saturated carbocycles. The minimum Gasteiger partial charge on any atom is -0.308 e. The smallest absolute Gasteiger partial charge is 0.0713 e. The molecule has 11 aromatic carbocycles. The van der Waals surface area contributed by atoms with Gasteiger partial charge in [0.15, 0.2) is 0 Å². The molecule has 0 radical (unpaired) electrons. The molecule has 0 amide bonds. The van der Waals surface area contributed by atoms with Crippen LogP contribution >= 0.6 is 11.8 Å². The highest BCUT2D eigenvalue weighted by atomic mass is 32.2. The van der Waals surface area contributed by atoms with Gasteiger partial charge in [-0.3, -0.25) is 0 Å². The van der Waals surface area contributed by atoms with E-state index in [-0.39, 0.29) is 0 Å². The fourth-order valence-corrected chi connectivity index (χ4v) is 12.0. The van der Waals surface area contributed by atoms with Crippen LogP contribution in [0, 0.1) is 0 Å². The predicted molar refractivity (Wildman–Crippen MR) is 290 cm³/mol. The van der Waals surface area contributed by atoms with E-state index in [4.69, 9.17) is 0 Å². The van der Waals surface area contributed by atoms with Crippen molar-refractivity contribution in [3.05, 3.63) is 295 Å². The van der Waals surface area contributed by atoms with Crippen LogP contribution in [-0.4, -0.2) is 0 Å². The molecule has 0 saturated heterocycles. The van der Waals surface area contributed by atoms with Crippen molar-refractivity contribution >= 4 is 28.8 Å². The molecule has 0 bridgehead atoms. The van der Waals surface area contributed by atoms with Crippen LogP contribution < -0.4 is 4.90 Å². The number of fused-ring (bicyclic) bond motifs is 5. The van der Waals surface area contributed by atoms with Gasteiger partial charge in [0.05, 0.1) is 16.8 Å². The second kappa shape index (κ2) is 17.0. The Hall–Kier alpha value is -8.43. The normalized spacial score (nSPS) is 13.0. The van der Waals surface area contributed by atoms with Gasteiger partial charge in [-0.25, -0.2) is 0 Å². The Bertz CT molecular complexity index is 3620. The molecule has 0 fully saturated rings. The Balaban J connectivity index is 0.961. The number of hydrogen-bond donors (Lipinski definition) is 0. The first kappa shape index (κ1) is 40.8. The van der Waals surface area contributed by atoms with Crippen molar-refractivity contribution in [1.82, 2.24) is 0 Å². The van der Waals surface area contributed by atoms with Gasteiger partial charge < -0.3 is 4.90 Å². The highest BCUT2D eigenvalue weighted by Gasteiger charge is 2.46. The molecule has 2 heteroatoms. The number of rotatable bonds is 8. The molecular formula is C67H45NS. The highest BCUT2D eigenvalue weighted by molar-refractivity contribution is 7.99. The highest BCUT2D eigenvalue weighted by Crippen LogP contribution is 2.58. The molecule has 0 spiro atoms. The monoisotopic (exact) mass is 895 g/mol. The van der Waals surface area contributed by atoms with Gasteiger partial charge in [0, 0.05) is 15.5 Å². The first-order valence-corrected chi connectivity index (χ1v) is 24.5. The third-order valence-electron chi connectivity index (χ3n) is 14.1. The summed E-state index contributed by atoms with van der Waals surface area (Å²) in [5.74, 6) is 0. The van der Waals surface area contributed by atoms with Crippen molar-refractivity contribution in [1.29, 1.82) is 0 Å². The van der Waals surface area contributed by atoms with Crippen LogP contribution in [0.1, 0.15) is 22.3 Å². The summed E-state index contributed by atoms with van der Waals surface area (Å²) in [6.45, 7) is 0. The van der Waals surface area contributed by atoms with Gasteiger partial charge in [0.1, 0.15) is 0 Å². The van der Waals surface area contributed by atoms with Crippen molar-refractivity contribution in [3.8, 4) is 66.8 Å². The molecule has 324 valence electrons. The molecule has 0 N–H and O–H groups in total. The Morgan fingerprint density at radius 1 is 0.261 bits per heavy atom. The topological polar surface area (TPSA) is 3.24 Å². The zero-order chi connectivity index (χ0) is 45.7. The van der Waals surface area contributed by atoms with Gasteiger partial charge >= 0.3 is 0 Å². The lowest BCUT2D eigenvalue weighted by Gasteiger charge is -2.34. The summed E-state index contributed by atoms with van der Waals surface area (Å²) in [4.78, 5) is 4.90. The number of hydrogen-bond acceptors (Lipinski definition) is 2. The molecular weight excluding hydrogens is 851 g/mol. The maximum absolute atomic E-state index is 2.49. The van der Waals surface area contributed by atoms with Gasteiger partial charge in [0.2, 0.25) is 0 Å². The average molecular weight is 896 g/mol. The van der Waals surface area contributed by atoms with Crippen molar-refractivity contribution < 1.29 is 0 Å².